The Bertz CT molecular complexity index is 604. The first-order valence-electron chi connectivity index (χ1n) is 7.01. The van der Waals surface area contributed by atoms with Gasteiger partial charge >= 0.3 is 0 Å². The zero-order valence-electron chi connectivity index (χ0n) is 11.5. The van der Waals surface area contributed by atoms with Gasteiger partial charge in [-0.3, -0.25) is 4.90 Å². The number of piperidine rings is 1. The van der Waals surface area contributed by atoms with Gasteiger partial charge in [0.05, 0.1) is 6.54 Å². The topological polar surface area (TPSA) is 59.2 Å². The van der Waals surface area contributed by atoms with Crippen LogP contribution in [0.3, 0.4) is 0 Å². The predicted molar refractivity (Wildman–Crippen MR) is 78.8 cm³/mol. The number of aldehydes is 1. The van der Waals surface area contributed by atoms with Gasteiger partial charge in [0, 0.05) is 16.5 Å². The number of carbonyl (C=O) groups excluding carboxylic acids is 1. The molecule has 0 N–H and O–H groups in total. The van der Waals surface area contributed by atoms with Gasteiger partial charge in [-0.05, 0) is 50.2 Å². The molecule has 0 bridgehead atoms. The lowest BCUT2D eigenvalue weighted by molar-refractivity contribution is -0.112. The second kappa shape index (κ2) is 6.37. The van der Waals surface area contributed by atoms with Crippen molar-refractivity contribution in [2.45, 2.75) is 19.4 Å². The summed E-state index contributed by atoms with van der Waals surface area (Å²) in [7, 11) is 0. The number of halogens is 1. The summed E-state index contributed by atoms with van der Waals surface area (Å²) >= 11 is 5.86. The molecule has 1 aliphatic heterocycles. The Kier molecular flexibility index (Phi) is 4.31. The van der Waals surface area contributed by atoms with Crippen LogP contribution in [-0.2, 0) is 11.3 Å². The Morgan fingerprint density at radius 2 is 2.00 bits per heavy atom. The van der Waals surface area contributed by atoms with Crippen LogP contribution in [0, 0.1) is 5.92 Å². The van der Waals surface area contributed by atoms with Crippen LogP contribution in [0.15, 0.2) is 28.8 Å². The molecule has 5 nitrogen and oxygen atoms in total. The average molecular weight is 306 g/mol. The van der Waals surface area contributed by atoms with Gasteiger partial charge in [-0.25, -0.2) is 0 Å². The average Bonchev–Trinajstić information content (AvgIpc) is 2.97. The Morgan fingerprint density at radius 1 is 1.29 bits per heavy atom. The lowest BCUT2D eigenvalue weighted by Gasteiger charge is -2.27. The molecule has 1 aromatic carbocycles. The van der Waals surface area contributed by atoms with Crippen molar-refractivity contribution in [1.29, 1.82) is 0 Å². The first-order valence-corrected chi connectivity index (χ1v) is 7.38. The smallest absolute Gasteiger partial charge is 0.241 e. The van der Waals surface area contributed by atoms with Gasteiger partial charge in [-0.15, -0.1) is 0 Å². The van der Waals surface area contributed by atoms with Crippen molar-refractivity contribution in [3.05, 3.63) is 35.2 Å². The fraction of sp³-hybridized carbons (Fsp3) is 0.400. The molecule has 0 spiro atoms. The fourth-order valence-corrected chi connectivity index (χ4v) is 2.60. The highest BCUT2D eigenvalue weighted by molar-refractivity contribution is 6.30. The van der Waals surface area contributed by atoms with Gasteiger partial charge in [-0.2, -0.15) is 4.98 Å². The van der Waals surface area contributed by atoms with Crippen LogP contribution in [-0.4, -0.2) is 34.4 Å². The zero-order chi connectivity index (χ0) is 14.7. The van der Waals surface area contributed by atoms with E-state index in [-0.39, 0.29) is 5.92 Å². The van der Waals surface area contributed by atoms with Gasteiger partial charge in [0.1, 0.15) is 6.29 Å². The van der Waals surface area contributed by atoms with Gasteiger partial charge in [-0.1, -0.05) is 16.8 Å². The Labute approximate surface area is 127 Å². The molecule has 0 radical (unpaired) electrons. The van der Waals surface area contributed by atoms with Gasteiger partial charge in [0.2, 0.25) is 11.7 Å². The Hall–Kier alpha value is -1.72. The van der Waals surface area contributed by atoms with Crippen LogP contribution in [0.2, 0.25) is 5.02 Å². The second-order valence-electron chi connectivity index (χ2n) is 5.27. The third-order valence-corrected chi connectivity index (χ3v) is 4.01. The molecule has 1 aliphatic rings. The molecule has 0 unspecified atom stereocenters. The van der Waals surface area contributed by atoms with Crippen molar-refractivity contribution >= 4 is 17.9 Å². The molecule has 3 rings (SSSR count). The Balaban J connectivity index is 1.63. The Morgan fingerprint density at radius 3 is 2.67 bits per heavy atom. The van der Waals surface area contributed by atoms with E-state index >= 15 is 0 Å². The first kappa shape index (κ1) is 14.2. The van der Waals surface area contributed by atoms with E-state index in [9.17, 15) is 4.79 Å². The minimum Gasteiger partial charge on any atom is -0.338 e. The molecule has 21 heavy (non-hydrogen) atoms. The molecule has 6 heteroatoms. The van der Waals surface area contributed by atoms with Crippen molar-refractivity contribution in [3.63, 3.8) is 0 Å². The lowest BCUT2D eigenvalue weighted by atomic mass is 9.99. The van der Waals surface area contributed by atoms with Crippen molar-refractivity contribution in [3.8, 4) is 11.4 Å². The molecule has 0 atom stereocenters. The maximum Gasteiger partial charge on any atom is 0.241 e. The molecular formula is C15H16ClN3O2. The number of rotatable bonds is 4. The number of nitrogens with zero attached hydrogens (tertiary/aromatic N) is 3. The monoisotopic (exact) mass is 305 g/mol. The molecule has 1 saturated heterocycles. The number of carbonyl (C=O) groups is 1. The minimum atomic E-state index is 0.202. The summed E-state index contributed by atoms with van der Waals surface area (Å²) in [4.78, 5) is 17.4. The quantitative estimate of drug-likeness (QED) is 0.813. The predicted octanol–water partition coefficient (Wildman–Crippen LogP) is 2.80. The molecule has 1 aromatic heterocycles. The molecule has 2 heterocycles. The number of likely N-dealkylation sites (tertiary alicyclic amines) is 1. The lowest BCUT2D eigenvalue weighted by Crippen LogP contribution is -2.33. The zero-order valence-corrected chi connectivity index (χ0v) is 12.3. The first-order chi connectivity index (χ1) is 10.2. The minimum absolute atomic E-state index is 0.202. The van der Waals surface area contributed by atoms with E-state index in [1.54, 1.807) is 12.1 Å². The number of aromatic nitrogens is 2. The highest BCUT2D eigenvalue weighted by Gasteiger charge is 2.20. The second-order valence-corrected chi connectivity index (χ2v) is 5.70. The van der Waals surface area contributed by atoms with E-state index in [2.05, 4.69) is 15.0 Å². The van der Waals surface area contributed by atoms with Gasteiger partial charge in [0.15, 0.2) is 0 Å². The van der Waals surface area contributed by atoms with Gasteiger partial charge < -0.3 is 9.32 Å². The van der Waals surface area contributed by atoms with E-state index in [0.717, 1.165) is 37.8 Å². The third kappa shape index (κ3) is 3.49. The van der Waals surface area contributed by atoms with Crippen molar-refractivity contribution in [1.82, 2.24) is 15.0 Å². The highest BCUT2D eigenvalue weighted by atomic mass is 35.5. The number of hydrogen-bond donors (Lipinski definition) is 0. The largest absolute Gasteiger partial charge is 0.338 e. The normalized spacial score (nSPS) is 17.0. The molecular weight excluding hydrogens is 290 g/mol. The summed E-state index contributed by atoms with van der Waals surface area (Å²) in [6.07, 6.45) is 2.87. The maximum absolute atomic E-state index is 10.7. The molecule has 0 aliphatic carbocycles. The van der Waals surface area contributed by atoms with Crippen LogP contribution in [0.25, 0.3) is 11.4 Å². The van der Waals surface area contributed by atoms with E-state index < -0.39 is 0 Å². The third-order valence-electron chi connectivity index (χ3n) is 3.75. The van der Waals surface area contributed by atoms with Crippen LogP contribution in [0.1, 0.15) is 18.7 Å². The van der Waals surface area contributed by atoms with Gasteiger partial charge in [0.25, 0.3) is 0 Å². The SMILES string of the molecule is O=CC1CCN(Cc2nc(-c3ccc(Cl)cc3)no2)CC1. The summed E-state index contributed by atoms with van der Waals surface area (Å²) in [6, 6.07) is 7.34. The van der Waals surface area contributed by atoms with Crippen LogP contribution < -0.4 is 0 Å². The summed E-state index contributed by atoms with van der Waals surface area (Å²) in [5, 5.41) is 4.68. The molecule has 0 saturated carbocycles. The molecule has 2 aromatic rings. The van der Waals surface area contributed by atoms with Crippen LogP contribution in [0.4, 0.5) is 0 Å². The standard InChI is InChI=1S/C15H16ClN3O2/c16-13-3-1-12(2-4-13)15-17-14(21-18-15)9-19-7-5-11(10-20)6-8-19/h1-4,10-11H,5-9H2. The van der Waals surface area contributed by atoms with E-state index in [4.69, 9.17) is 16.1 Å². The van der Waals surface area contributed by atoms with Crippen molar-refractivity contribution < 1.29 is 9.32 Å². The van der Waals surface area contributed by atoms with E-state index in [0.29, 0.717) is 23.3 Å². The highest BCUT2D eigenvalue weighted by Crippen LogP contribution is 2.20. The molecule has 0 amide bonds. The number of benzene rings is 1. The molecule has 110 valence electrons. The van der Waals surface area contributed by atoms with E-state index in [1.165, 1.54) is 0 Å². The fourth-order valence-electron chi connectivity index (χ4n) is 2.47. The van der Waals surface area contributed by atoms with E-state index in [1.807, 2.05) is 12.1 Å². The summed E-state index contributed by atoms with van der Waals surface area (Å²) in [5.74, 6) is 1.38. The summed E-state index contributed by atoms with van der Waals surface area (Å²) in [5.41, 5.74) is 0.883. The maximum atomic E-state index is 10.7. The molecule has 1 fully saturated rings. The number of hydrogen-bond acceptors (Lipinski definition) is 5. The summed E-state index contributed by atoms with van der Waals surface area (Å²) in [6.45, 7) is 2.41. The summed E-state index contributed by atoms with van der Waals surface area (Å²) < 4.78 is 5.30. The van der Waals surface area contributed by atoms with Crippen LogP contribution in [0.5, 0.6) is 0 Å². The van der Waals surface area contributed by atoms with Crippen molar-refractivity contribution in [2.75, 3.05) is 13.1 Å². The van der Waals surface area contributed by atoms with Crippen molar-refractivity contribution in [2.24, 2.45) is 5.92 Å². The van der Waals surface area contributed by atoms with Crippen LogP contribution >= 0.6 is 11.6 Å².